The number of rotatable bonds is 3. The maximum Gasteiger partial charge on any atom is 0.0515 e. The Balaban J connectivity index is 1.36. The Bertz CT molecular complexity index is 512. The van der Waals surface area contributed by atoms with Crippen molar-refractivity contribution in [2.45, 2.75) is 38.1 Å². The monoisotopic (exact) mass is 328 g/mol. The summed E-state index contributed by atoms with van der Waals surface area (Å²) in [6.07, 6.45) is 7.00. The minimum atomic E-state index is 0.447. The highest BCUT2D eigenvalue weighted by molar-refractivity contribution is 5.20. The van der Waals surface area contributed by atoms with Gasteiger partial charge in [-0.15, -0.1) is 0 Å². The van der Waals surface area contributed by atoms with Gasteiger partial charge in [0.15, 0.2) is 0 Å². The van der Waals surface area contributed by atoms with Crippen molar-refractivity contribution in [3.8, 4) is 0 Å². The summed E-state index contributed by atoms with van der Waals surface area (Å²) in [7, 11) is 0. The van der Waals surface area contributed by atoms with Gasteiger partial charge in [0.1, 0.15) is 0 Å². The summed E-state index contributed by atoms with van der Waals surface area (Å²) in [6, 6.07) is 11.4. The van der Waals surface area contributed by atoms with E-state index >= 15 is 0 Å². The standard InChI is InChI=1S/C20H32N4/c1-2-5-17(6-3-1)19-18(15-22-23-19)16-24-13-4-7-20(10-14-24)8-11-21-12-9-20/h1-3,5-6,18-19,21-23H,4,7-16H2. The average Bonchev–Trinajstić information content (AvgIpc) is 3.01. The molecule has 24 heavy (non-hydrogen) atoms. The molecule has 0 aliphatic carbocycles. The molecule has 3 aliphatic heterocycles. The Morgan fingerprint density at radius 2 is 1.83 bits per heavy atom. The highest BCUT2D eigenvalue weighted by Gasteiger charge is 2.35. The Morgan fingerprint density at radius 1 is 1.00 bits per heavy atom. The summed E-state index contributed by atoms with van der Waals surface area (Å²) in [5.74, 6) is 0.662. The highest BCUT2D eigenvalue weighted by Crippen LogP contribution is 2.39. The Morgan fingerprint density at radius 3 is 2.67 bits per heavy atom. The third-order valence-electron chi connectivity index (χ3n) is 6.55. The van der Waals surface area contributed by atoms with Crippen LogP contribution in [-0.2, 0) is 0 Å². The second kappa shape index (κ2) is 7.52. The van der Waals surface area contributed by atoms with Crippen molar-refractivity contribution in [3.05, 3.63) is 35.9 Å². The van der Waals surface area contributed by atoms with Crippen LogP contribution in [0.5, 0.6) is 0 Å². The summed E-state index contributed by atoms with van der Waals surface area (Å²) in [6.45, 7) is 7.32. The molecular weight excluding hydrogens is 296 g/mol. The molecule has 3 N–H and O–H groups in total. The van der Waals surface area contributed by atoms with Crippen LogP contribution in [0.3, 0.4) is 0 Å². The summed E-state index contributed by atoms with van der Waals surface area (Å²) < 4.78 is 0. The van der Waals surface area contributed by atoms with Crippen LogP contribution in [0.4, 0.5) is 0 Å². The molecule has 2 unspecified atom stereocenters. The molecule has 3 fully saturated rings. The molecule has 1 aromatic carbocycles. The lowest BCUT2D eigenvalue weighted by Gasteiger charge is -2.37. The van der Waals surface area contributed by atoms with E-state index in [0.29, 0.717) is 17.4 Å². The first-order chi connectivity index (χ1) is 11.8. The lowest BCUT2D eigenvalue weighted by atomic mass is 9.73. The summed E-state index contributed by atoms with van der Waals surface area (Å²) >= 11 is 0. The smallest absolute Gasteiger partial charge is 0.0515 e. The number of benzene rings is 1. The van der Waals surface area contributed by atoms with Gasteiger partial charge in [0.25, 0.3) is 0 Å². The van der Waals surface area contributed by atoms with E-state index in [1.807, 2.05) is 0 Å². The van der Waals surface area contributed by atoms with Crippen molar-refractivity contribution in [1.82, 2.24) is 21.1 Å². The SMILES string of the molecule is c1ccc(C2NNCC2CN2CCCC3(CCNCC3)CC2)cc1. The third kappa shape index (κ3) is 3.67. The number of nitrogens with zero attached hydrogens (tertiary/aromatic N) is 1. The van der Waals surface area contributed by atoms with Gasteiger partial charge in [-0.25, -0.2) is 5.43 Å². The molecule has 1 spiro atoms. The molecule has 0 radical (unpaired) electrons. The van der Waals surface area contributed by atoms with Crippen LogP contribution in [-0.4, -0.2) is 44.2 Å². The van der Waals surface area contributed by atoms with E-state index in [0.717, 1.165) is 6.54 Å². The lowest BCUT2D eigenvalue weighted by Crippen LogP contribution is -2.38. The zero-order valence-electron chi connectivity index (χ0n) is 14.8. The summed E-state index contributed by atoms with van der Waals surface area (Å²) in [5.41, 5.74) is 8.96. The largest absolute Gasteiger partial charge is 0.317 e. The first kappa shape index (κ1) is 16.5. The zero-order valence-corrected chi connectivity index (χ0v) is 14.8. The maximum atomic E-state index is 3.54. The van der Waals surface area contributed by atoms with Gasteiger partial charge in [0.05, 0.1) is 6.04 Å². The lowest BCUT2D eigenvalue weighted by molar-refractivity contribution is 0.163. The molecule has 0 saturated carbocycles. The fourth-order valence-electron chi connectivity index (χ4n) is 5.00. The Hall–Kier alpha value is -0.940. The molecule has 4 rings (SSSR count). The quantitative estimate of drug-likeness (QED) is 0.796. The van der Waals surface area contributed by atoms with Gasteiger partial charge in [-0.3, -0.25) is 5.43 Å². The number of likely N-dealkylation sites (tertiary alicyclic amines) is 1. The van der Waals surface area contributed by atoms with Gasteiger partial charge < -0.3 is 10.2 Å². The van der Waals surface area contributed by atoms with Crippen molar-refractivity contribution in [2.24, 2.45) is 11.3 Å². The van der Waals surface area contributed by atoms with E-state index in [1.165, 1.54) is 70.4 Å². The fraction of sp³-hybridized carbons (Fsp3) is 0.700. The van der Waals surface area contributed by atoms with E-state index in [2.05, 4.69) is 51.4 Å². The number of nitrogens with one attached hydrogen (secondary N) is 3. The Kier molecular flexibility index (Phi) is 5.18. The first-order valence-corrected chi connectivity index (χ1v) is 9.81. The van der Waals surface area contributed by atoms with Crippen LogP contribution in [0.25, 0.3) is 0 Å². The molecule has 3 saturated heterocycles. The third-order valence-corrected chi connectivity index (χ3v) is 6.55. The molecule has 0 amide bonds. The predicted octanol–water partition coefficient (Wildman–Crippen LogP) is 2.31. The highest BCUT2D eigenvalue weighted by atomic mass is 15.4. The van der Waals surface area contributed by atoms with Crippen LogP contribution in [0, 0.1) is 11.3 Å². The molecule has 1 aromatic rings. The van der Waals surface area contributed by atoms with E-state index in [-0.39, 0.29) is 0 Å². The molecule has 2 atom stereocenters. The van der Waals surface area contributed by atoms with Gasteiger partial charge in [-0.1, -0.05) is 30.3 Å². The summed E-state index contributed by atoms with van der Waals surface area (Å²) in [5, 5.41) is 3.54. The van der Waals surface area contributed by atoms with Crippen molar-refractivity contribution in [2.75, 3.05) is 39.3 Å². The van der Waals surface area contributed by atoms with Crippen LogP contribution in [0.2, 0.25) is 0 Å². The molecule has 0 aromatic heterocycles. The predicted molar refractivity (Wildman–Crippen MR) is 98.6 cm³/mol. The number of hydrazine groups is 1. The van der Waals surface area contributed by atoms with Crippen molar-refractivity contribution in [1.29, 1.82) is 0 Å². The first-order valence-electron chi connectivity index (χ1n) is 9.81. The second-order valence-corrected chi connectivity index (χ2v) is 8.08. The molecule has 132 valence electrons. The average molecular weight is 329 g/mol. The van der Waals surface area contributed by atoms with Gasteiger partial charge in [-0.05, 0) is 69.3 Å². The van der Waals surface area contributed by atoms with E-state index in [9.17, 15) is 0 Å². The Labute approximate surface area is 146 Å². The number of piperidine rings is 1. The van der Waals surface area contributed by atoms with E-state index < -0.39 is 0 Å². The van der Waals surface area contributed by atoms with Crippen molar-refractivity contribution >= 4 is 0 Å². The second-order valence-electron chi connectivity index (χ2n) is 8.08. The van der Waals surface area contributed by atoms with Gasteiger partial charge >= 0.3 is 0 Å². The molecule has 4 heteroatoms. The fourth-order valence-corrected chi connectivity index (χ4v) is 5.00. The topological polar surface area (TPSA) is 39.3 Å². The van der Waals surface area contributed by atoms with Crippen LogP contribution >= 0.6 is 0 Å². The minimum Gasteiger partial charge on any atom is -0.317 e. The zero-order chi connectivity index (χ0) is 16.2. The minimum absolute atomic E-state index is 0.447. The molecule has 0 bridgehead atoms. The van der Waals surface area contributed by atoms with Gasteiger partial charge in [-0.2, -0.15) is 0 Å². The van der Waals surface area contributed by atoms with Crippen LogP contribution < -0.4 is 16.2 Å². The number of hydrogen-bond donors (Lipinski definition) is 3. The summed E-state index contributed by atoms with van der Waals surface area (Å²) in [4.78, 5) is 2.74. The van der Waals surface area contributed by atoms with Crippen LogP contribution in [0.15, 0.2) is 30.3 Å². The van der Waals surface area contributed by atoms with E-state index in [1.54, 1.807) is 0 Å². The number of hydrogen-bond acceptors (Lipinski definition) is 4. The van der Waals surface area contributed by atoms with Crippen LogP contribution in [0.1, 0.15) is 43.7 Å². The maximum absolute atomic E-state index is 3.54. The van der Waals surface area contributed by atoms with Crippen molar-refractivity contribution in [3.63, 3.8) is 0 Å². The normalized spacial score (nSPS) is 31.2. The van der Waals surface area contributed by atoms with Gasteiger partial charge in [0.2, 0.25) is 0 Å². The molecule has 3 heterocycles. The van der Waals surface area contributed by atoms with E-state index in [4.69, 9.17) is 0 Å². The van der Waals surface area contributed by atoms with Crippen molar-refractivity contribution < 1.29 is 0 Å². The van der Waals surface area contributed by atoms with Gasteiger partial charge in [0, 0.05) is 19.0 Å². The molecular formula is C20H32N4. The molecule has 4 nitrogen and oxygen atoms in total. The molecule has 3 aliphatic rings.